The van der Waals surface area contributed by atoms with Crippen LogP contribution in [0.1, 0.15) is 6.92 Å². The molecule has 0 amide bonds. The van der Waals surface area contributed by atoms with Gasteiger partial charge < -0.3 is 4.74 Å². The SMILES string of the molecule is CCOC(=C(C(F)(F)F)C(F)(F)F)C(F)(F)C(F)(F)F. The normalized spacial score (nSPS) is 14.2. The first-order valence-corrected chi connectivity index (χ1v) is 4.53. The minimum atomic E-state index is -6.68. The van der Waals surface area contributed by atoms with E-state index in [0.29, 0.717) is 6.92 Å². The average molecular weight is 326 g/mol. The van der Waals surface area contributed by atoms with Crippen molar-refractivity contribution in [2.24, 2.45) is 0 Å². The number of halogens is 11. The highest BCUT2D eigenvalue weighted by Crippen LogP contribution is 2.49. The van der Waals surface area contributed by atoms with Gasteiger partial charge in [-0.1, -0.05) is 0 Å². The van der Waals surface area contributed by atoms with E-state index in [1.807, 2.05) is 0 Å². The monoisotopic (exact) mass is 326 g/mol. The third-order valence-corrected chi connectivity index (χ3v) is 1.72. The standard InChI is InChI=1S/C8H5F11O/c1-2-20-4(5(9,10)8(17,18)19)3(6(11,12)13)7(14,15)16/h2H2,1H3. The van der Waals surface area contributed by atoms with E-state index >= 15 is 0 Å². The zero-order valence-electron chi connectivity index (χ0n) is 9.27. The second-order valence-corrected chi connectivity index (χ2v) is 3.20. The lowest BCUT2D eigenvalue weighted by Gasteiger charge is -2.26. The van der Waals surface area contributed by atoms with Crippen LogP contribution in [0.25, 0.3) is 0 Å². The molecule has 0 rings (SSSR count). The van der Waals surface area contributed by atoms with E-state index in [-0.39, 0.29) is 0 Å². The molecular weight excluding hydrogens is 321 g/mol. The van der Waals surface area contributed by atoms with Gasteiger partial charge in [0.15, 0.2) is 11.3 Å². The Morgan fingerprint density at radius 2 is 1.10 bits per heavy atom. The van der Waals surface area contributed by atoms with Crippen LogP contribution in [-0.2, 0) is 4.74 Å². The van der Waals surface area contributed by atoms with Crippen molar-refractivity contribution >= 4 is 0 Å². The van der Waals surface area contributed by atoms with Crippen LogP contribution in [0.3, 0.4) is 0 Å². The Kier molecular flexibility index (Phi) is 4.95. The number of rotatable bonds is 3. The minimum Gasteiger partial charge on any atom is -0.491 e. The van der Waals surface area contributed by atoms with E-state index in [1.165, 1.54) is 0 Å². The van der Waals surface area contributed by atoms with Crippen LogP contribution in [-0.4, -0.2) is 31.1 Å². The van der Waals surface area contributed by atoms with Crippen molar-refractivity contribution in [1.82, 2.24) is 0 Å². The number of ether oxygens (including phenoxy) is 1. The summed E-state index contributed by atoms with van der Waals surface area (Å²) >= 11 is 0. The molecular formula is C8H5F11O. The van der Waals surface area contributed by atoms with Gasteiger partial charge in [-0.25, -0.2) is 0 Å². The molecule has 0 radical (unpaired) electrons. The lowest BCUT2D eigenvalue weighted by Crippen LogP contribution is -2.43. The van der Waals surface area contributed by atoms with Gasteiger partial charge in [0, 0.05) is 0 Å². The molecule has 0 atom stereocenters. The second kappa shape index (κ2) is 5.28. The molecule has 0 saturated carbocycles. The average Bonchev–Trinajstić information content (AvgIpc) is 2.10. The van der Waals surface area contributed by atoms with Crippen molar-refractivity contribution in [3.05, 3.63) is 11.3 Å². The molecule has 0 spiro atoms. The first-order valence-electron chi connectivity index (χ1n) is 4.53. The van der Waals surface area contributed by atoms with Crippen molar-refractivity contribution in [3.63, 3.8) is 0 Å². The molecule has 0 aromatic rings. The Hall–Kier alpha value is -1.23. The zero-order valence-corrected chi connectivity index (χ0v) is 9.27. The van der Waals surface area contributed by atoms with Gasteiger partial charge in [0.25, 0.3) is 0 Å². The molecule has 0 aliphatic carbocycles. The third kappa shape index (κ3) is 3.88. The largest absolute Gasteiger partial charge is 0.491 e. The summed E-state index contributed by atoms with van der Waals surface area (Å²) < 4.78 is 138. The van der Waals surface area contributed by atoms with Gasteiger partial charge in [-0.05, 0) is 6.92 Å². The Labute approximate surface area is 104 Å². The molecule has 0 aliphatic heterocycles. The quantitative estimate of drug-likeness (QED) is 0.544. The molecule has 0 bridgehead atoms. The van der Waals surface area contributed by atoms with E-state index < -0.39 is 42.4 Å². The van der Waals surface area contributed by atoms with Gasteiger partial charge in [-0.2, -0.15) is 48.3 Å². The molecule has 0 unspecified atom stereocenters. The van der Waals surface area contributed by atoms with Crippen LogP contribution in [0, 0.1) is 0 Å². The molecule has 20 heavy (non-hydrogen) atoms. The number of allylic oxidation sites excluding steroid dienone is 2. The van der Waals surface area contributed by atoms with Crippen LogP contribution in [0.2, 0.25) is 0 Å². The summed E-state index contributed by atoms with van der Waals surface area (Å²) in [6.45, 7) is -0.604. The smallest absolute Gasteiger partial charge is 0.461 e. The summed E-state index contributed by atoms with van der Waals surface area (Å²) in [5.41, 5.74) is -4.03. The number of hydrogen-bond donors (Lipinski definition) is 0. The van der Waals surface area contributed by atoms with Gasteiger partial charge >= 0.3 is 24.5 Å². The zero-order chi connectivity index (χ0) is 16.6. The Balaban J connectivity index is 6.41. The maximum atomic E-state index is 12.8. The lowest BCUT2D eigenvalue weighted by atomic mass is 10.1. The van der Waals surface area contributed by atoms with Crippen molar-refractivity contribution in [2.45, 2.75) is 31.4 Å². The highest BCUT2D eigenvalue weighted by molar-refractivity contribution is 5.26. The van der Waals surface area contributed by atoms with Crippen molar-refractivity contribution in [3.8, 4) is 0 Å². The van der Waals surface area contributed by atoms with Crippen LogP contribution in [0.15, 0.2) is 11.3 Å². The summed E-state index contributed by atoms with van der Waals surface area (Å²) in [7, 11) is 0. The maximum absolute atomic E-state index is 12.8. The molecule has 0 aliphatic rings. The molecule has 120 valence electrons. The molecule has 1 nitrogen and oxygen atoms in total. The van der Waals surface area contributed by atoms with Crippen molar-refractivity contribution in [1.29, 1.82) is 0 Å². The van der Waals surface area contributed by atoms with Crippen LogP contribution < -0.4 is 0 Å². The van der Waals surface area contributed by atoms with Gasteiger partial charge in [0.1, 0.15) is 0 Å². The maximum Gasteiger partial charge on any atom is 0.461 e. The highest BCUT2D eigenvalue weighted by atomic mass is 19.4. The molecule has 0 aromatic heterocycles. The van der Waals surface area contributed by atoms with Crippen LogP contribution >= 0.6 is 0 Å². The molecule has 0 saturated heterocycles. The fourth-order valence-electron chi connectivity index (χ4n) is 1.01. The van der Waals surface area contributed by atoms with Crippen LogP contribution in [0.5, 0.6) is 0 Å². The molecule has 0 N–H and O–H groups in total. The Morgan fingerprint density at radius 3 is 1.30 bits per heavy atom. The summed E-state index contributed by atoms with van der Waals surface area (Å²) in [6, 6.07) is 0. The number of hydrogen-bond acceptors (Lipinski definition) is 1. The van der Waals surface area contributed by atoms with Crippen molar-refractivity contribution < 1.29 is 53.0 Å². The Morgan fingerprint density at radius 1 is 0.750 bits per heavy atom. The van der Waals surface area contributed by atoms with Crippen molar-refractivity contribution in [2.75, 3.05) is 6.61 Å². The predicted octanol–water partition coefficient (Wildman–Crippen LogP) is 4.60. The summed E-state index contributed by atoms with van der Waals surface area (Å²) in [6.07, 6.45) is -19.7. The van der Waals surface area contributed by atoms with E-state index in [9.17, 15) is 48.3 Å². The fraction of sp³-hybridized carbons (Fsp3) is 0.750. The lowest BCUT2D eigenvalue weighted by molar-refractivity contribution is -0.281. The van der Waals surface area contributed by atoms with E-state index in [4.69, 9.17) is 0 Å². The van der Waals surface area contributed by atoms with Gasteiger partial charge in [-0.3, -0.25) is 0 Å². The van der Waals surface area contributed by atoms with E-state index in [1.54, 1.807) is 0 Å². The second-order valence-electron chi connectivity index (χ2n) is 3.20. The first kappa shape index (κ1) is 18.8. The number of alkyl halides is 11. The molecule has 12 heteroatoms. The Bertz CT molecular complexity index is 353. The van der Waals surface area contributed by atoms with Gasteiger partial charge in [0.05, 0.1) is 6.61 Å². The predicted molar refractivity (Wildman–Crippen MR) is 41.8 cm³/mol. The third-order valence-electron chi connectivity index (χ3n) is 1.72. The highest BCUT2D eigenvalue weighted by Gasteiger charge is 2.67. The summed E-state index contributed by atoms with van der Waals surface area (Å²) in [4.78, 5) is 0. The minimum absolute atomic E-state index is 0.650. The van der Waals surface area contributed by atoms with E-state index in [0.717, 1.165) is 0 Å². The summed E-state index contributed by atoms with van der Waals surface area (Å²) in [5.74, 6) is -9.96. The van der Waals surface area contributed by atoms with E-state index in [2.05, 4.69) is 4.74 Å². The van der Waals surface area contributed by atoms with Crippen LogP contribution in [0.4, 0.5) is 48.3 Å². The summed E-state index contributed by atoms with van der Waals surface area (Å²) in [5, 5.41) is 0. The van der Waals surface area contributed by atoms with Gasteiger partial charge in [0.2, 0.25) is 0 Å². The van der Waals surface area contributed by atoms with Gasteiger partial charge in [-0.15, -0.1) is 0 Å². The molecule has 0 fully saturated rings. The first-order chi connectivity index (χ1) is 8.56. The fourth-order valence-corrected chi connectivity index (χ4v) is 1.01. The molecule has 0 aromatic carbocycles. The molecule has 0 heterocycles. The topological polar surface area (TPSA) is 9.23 Å².